The summed E-state index contributed by atoms with van der Waals surface area (Å²) in [4.78, 5) is 28.9. The van der Waals surface area contributed by atoms with Crippen molar-refractivity contribution >= 4 is 11.8 Å². The predicted molar refractivity (Wildman–Crippen MR) is 132 cm³/mol. The summed E-state index contributed by atoms with van der Waals surface area (Å²) in [5.41, 5.74) is 2.76. The van der Waals surface area contributed by atoms with Gasteiger partial charge in [-0.05, 0) is 17.5 Å². The van der Waals surface area contributed by atoms with E-state index in [2.05, 4.69) is 12.2 Å². The zero-order valence-corrected chi connectivity index (χ0v) is 19.8. The number of fused-ring (bicyclic) bond motifs is 2. The average molecular weight is 471 g/mol. The van der Waals surface area contributed by atoms with Crippen LogP contribution in [0.3, 0.4) is 0 Å². The van der Waals surface area contributed by atoms with Gasteiger partial charge in [-0.25, -0.2) is 0 Å². The highest BCUT2D eigenvalue weighted by molar-refractivity contribution is 5.93. The fraction of sp³-hybridized carbons (Fsp3) is 0.310. The Kier molecular flexibility index (Phi) is 6.66. The predicted octanol–water partition coefficient (Wildman–Crippen LogP) is 4.17. The Morgan fingerprint density at radius 2 is 1.51 bits per heavy atom. The van der Waals surface area contributed by atoms with Crippen LogP contribution in [0.5, 0.6) is 0 Å². The Morgan fingerprint density at radius 1 is 0.943 bits per heavy atom. The number of nitrogens with one attached hydrogen (secondary N) is 1. The molecule has 2 amide bonds. The fourth-order valence-electron chi connectivity index (χ4n) is 4.92. The van der Waals surface area contributed by atoms with Crippen LogP contribution in [0.2, 0.25) is 0 Å². The van der Waals surface area contributed by atoms with Crippen LogP contribution in [0, 0.1) is 0 Å². The highest BCUT2D eigenvalue weighted by atomic mass is 16.8. The van der Waals surface area contributed by atoms with Gasteiger partial charge in [0.15, 0.2) is 12.2 Å². The van der Waals surface area contributed by atoms with Gasteiger partial charge in [0.2, 0.25) is 5.79 Å². The van der Waals surface area contributed by atoms with Crippen LogP contribution in [0.25, 0.3) is 0 Å². The number of hydrogen-bond donors (Lipinski definition) is 1. The van der Waals surface area contributed by atoms with Gasteiger partial charge in [-0.1, -0.05) is 104 Å². The van der Waals surface area contributed by atoms with Crippen LogP contribution >= 0.6 is 0 Å². The smallest absolute Gasteiger partial charge is 0.256 e. The van der Waals surface area contributed by atoms with Crippen LogP contribution < -0.4 is 5.32 Å². The third-order valence-corrected chi connectivity index (χ3v) is 6.66. The zero-order valence-electron chi connectivity index (χ0n) is 19.8. The summed E-state index contributed by atoms with van der Waals surface area (Å²) in [5, 5.41) is 2.92. The molecule has 0 spiro atoms. The van der Waals surface area contributed by atoms with Gasteiger partial charge >= 0.3 is 0 Å². The highest BCUT2D eigenvalue weighted by Crippen LogP contribution is 2.46. The van der Waals surface area contributed by atoms with Crippen molar-refractivity contribution in [2.45, 2.75) is 43.8 Å². The standard InChI is InChI=1S/C29H30N2O4/c1-2-3-19-30-27(32)25-26-28(33)31(20-29(34-25,35-26)23-17-11-6-12-18-23)24(21-13-7-4-8-14-21)22-15-9-5-10-16-22/h4-18,24-26H,2-3,19-20H2,1H3,(H,30,32)/t25-,26-,29+/m1/s1. The van der Waals surface area contributed by atoms with E-state index in [1.165, 1.54) is 0 Å². The van der Waals surface area contributed by atoms with E-state index in [-0.39, 0.29) is 24.4 Å². The second kappa shape index (κ2) is 10.0. The number of benzene rings is 3. The Balaban J connectivity index is 1.56. The lowest BCUT2D eigenvalue weighted by Crippen LogP contribution is -2.55. The lowest BCUT2D eigenvalue weighted by Gasteiger charge is -2.42. The molecule has 3 aromatic rings. The Labute approximate surface area is 205 Å². The summed E-state index contributed by atoms with van der Waals surface area (Å²) in [7, 11) is 0. The molecule has 2 aliphatic rings. The Bertz CT molecular complexity index is 1120. The lowest BCUT2D eigenvalue weighted by atomic mass is 9.94. The van der Waals surface area contributed by atoms with Crippen LogP contribution in [-0.4, -0.2) is 42.0 Å². The third kappa shape index (κ3) is 4.47. The minimum atomic E-state index is -1.23. The third-order valence-electron chi connectivity index (χ3n) is 6.66. The first-order valence-electron chi connectivity index (χ1n) is 12.2. The van der Waals surface area contributed by atoms with E-state index in [1.807, 2.05) is 95.9 Å². The number of unbranched alkanes of at least 4 members (excludes halogenated alkanes) is 1. The second-order valence-corrected chi connectivity index (χ2v) is 9.03. The summed E-state index contributed by atoms with van der Waals surface area (Å²) < 4.78 is 12.7. The Hall–Kier alpha value is -3.48. The molecule has 0 radical (unpaired) electrons. The van der Waals surface area contributed by atoms with Crippen molar-refractivity contribution in [1.82, 2.24) is 10.2 Å². The Morgan fingerprint density at radius 3 is 2.09 bits per heavy atom. The largest absolute Gasteiger partial charge is 0.354 e. The molecule has 2 bridgehead atoms. The molecule has 5 rings (SSSR count). The topological polar surface area (TPSA) is 67.9 Å². The first kappa shape index (κ1) is 23.3. The first-order chi connectivity index (χ1) is 17.1. The van der Waals surface area contributed by atoms with E-state index < -0.39 is 18.0 Å². The van der Waals surface area contributed by atoms with Gasteiger partial charge in [-0.3, -0.25) is 9.59 Å². The fourth-order valence-corrected chi connectivity index (χ4v) is 4.92. The monoisotopic (exact) mass is 470 g/mol. The van der Waals surface area contributed by atoms with Gasteiger partial charge in [0.25, 0.3) is 11.8 Å². The number of nitrogens with zero attached hydrogens (tertiary/aromatic N) is 1. The highest BCUT2D eigenvalue weighted by Gasteiger charge is 2.61. The molecule has 1 N–H and O–H groups in total. The number of ether oxygens (including phenoxy) is 2. The summed E-state index contributed by atoms with van der Waals surface area (Å²) in [5.74, 6) is -1.79. The quantitative estimate of drug-likeness (QED) is 0.502. The summed E-state index contributed by atoms with van der Waals surface area (Å²) in [6.07, 6.45) is -0.225. The minimum absolute atomic E-state index is 0.166. The van der Waals surface area contributed by atoms with Crippen molar-refractivity contribution in [2.75, 3.05) is 13.1 Å². The number of amides is 2. The molecule has 3 atom stereocenters. The number of carbonyl (C=O) groups is 2. The van der Waals surface area contributed by atoms with E-state index in [9.17, 15) is 9.59 Å². The molecule has 0 unspecified atom stereocenters. The summed E-state index contributed by atoms with van der Waals surface area (Å²) in [6, 6.07) is 29.1. The molecule has 2 aliphatic heterocycles. The van der Waals surface area contributed by atoms with Crippen molar-refractivity contribution < 1.29 is 19.1 Å². The van der Waals surface area contributed by atoms with Gasteiger partial charge < -0.3 is 19.7 Å². The van der Waals surface area contributed by atoms with Crippen LogP contribution in [0.1, 0.15) is 42.5 Å². The normalized spacial score (nSPS) is 23.5. The van der Waals surface area contributed by atoms with E-state index in [1.54, 1.807) is 0 Å². The van der Waals surface area contributed by atoms with Gasteiger partial charge in [-0.2, -0.15) is 0 Å². The molecule has 0 saturated carbocycles. The van der Waals surface area contributed by atoms with Gasteiger partial charge in [0, 0.05) is 12.1 Å². The molecule has 180 valence electrons. The van der Waals surface area contributed by atoms with E-state index in [0.717, 1.165) is 29.5 Å². The van der Waals surface area contributed by atoms with Crippen LogP contribution in [-0.2, 0) is 24.8 Å². The zero-order chi connectivity index (χ0) is 24.3. The molecule has 35 heavy (non-hydrogen) atoms. The number of morpholine rings is 1. The van der Waals surface area contributed by atoms with Crippen molar-refractivity contribution in [2.24, 2.45) is 0 Å². The molecule has 2 saturated heterocycles. The number of rotatable bonds is 8. The molecular weight excluding hydrogens is 440 g/mol. The molecule has 6 nitrogen and oxygen atoms in total. The van der Waals surface area contributed by atoms with Gasteiger partial charge in [0.1, 0.15) is 0 Å². The first-order valence-corrected chi connectivity index (χ1v) is 12.2. The van der Waals surface area contributed by atoms with Crippen molar-refractivity contribution in [3.8, 4) is 0 Å². The molecule has 3 aromatic carbocycles. The van der Waals surface area contributed by atoms with E-state index in [4.69, 9.17) is 9.47 Å². The van der Waals surface area contributed by atoms with E-state index >= 15 is 0 Å². The molecule has 0 aromatic heterocycles. The number of carbonyl (C=O) groups excluding carboxylic acids is 2. The maximum atomic E-state index is 13.9. The molecule has 6 heteroatoms. The molecule has 2 heterocycles. The SMILES string of the molecule is CCCCNC(=O)[C@@H]1O[C@@]2(c3ccccc3)CN(C(c3ccccc3)c3ccccc3)C(=O)[C@@H]1O2. The molecule has 2 fully saturated rings. The minimum Gasteiger partial charge on any atom is -0.354 e. The van der Waals surface area contributed by atoms with Gasteiger partial charge in [-0.15, -0.1) is 0 Å². The van der Waals surface area contributed by atoms with Crippen molar-refractivity contribution in [3.63, 3.8) is 0 Å². The van der Waals surface area contributed by atoms with Crippen LogP contribution in [0.4, 0.5) is 0 Å². The summed E-state index contributed by atoms with van der Waals surface area (Å²) in [6.45, 7) is 2.77. The maximum Gasteiger partial charge on any atom is 0.256 e. The average Bonchev–Trinajstić information content (AvgIpc) is 3.25. The van der Waals surface area contributed by atoms with E-state index in [0.29, 0.717) is 6.54 Å². The molecule has 0 aliphatic carbocycles. The van der Waals surface area contributed by atoms with Gasteiger partial charge in [0.05, 0.1) is 12.6 Å². The summed E-state index contributed by atoms with van der Waals surface area (Å²) >= 11 is 0. The maximum absolute atomic E-state index is 13.9. The van der Waals surface area contributed by atoms with Crippen molar-refractivity contribution in [3.05, 3.63) is 108 Å². The number of hydrogen-bond acceptors (Lipinski definition) is 4. The van der Waals surface area contributed by atoms with Crippen LogP contribution in [0.15, 0.2) is 91.0 Å². The lowest BCUT2D eigenvalue weighted by molar-refractivity contribution is -0.220. The van der Waals surface area contributed by atoms with Crippen molar-refractivity contribution in [1.29, 1.82) is 0 Å². The second-order valence-electron chi connectivity index (χ2n) is 9.03. The molecular formula is C29H30N2O4.